The zero-order valence-corrected chi connectivity index (χ0v) is 18.0. The Balaban J connectivity index is 0.00000259. The van der Waals surface area contributed by atoms with Gasteiger partial charge in [0, 0.05) is 0 Å². The summed E-state index contributed by atoms with van der Waals surface area (Å²) in [4.78, 5) is 18.8. The summed E-state index contributed by atoms with van der Waals surface area (Å²) in [6.07, 6.45) is 0. The van der Waals surface area contributed by atoms with Gasteiger partial charge in [0.15, 0.2) is 11.6 Å². The average Bonchev–Trinajstić information content (AvgIpc) is 3.35. The van der Waals surface area contributed by atoms with Crippen LogP contribution in [0.15, 0.2) is 64.4 Å². The van der Waals surface area contributed by atoms with Crippen molar-refractivity contribution < 1.29 is 31.4 Å². The fourth-order valence-corrected chi connectivity index (χ4v) is 4.25. The van der Waals surface area contributed by atoms with Gasteiger partial charge in [0.05, 0.1) is 31.9 Å². The predicted octanol–water partition coefficient (Wildman–Crippen LogP) is 1.84. The molecule has 0 fully saturated rings. The molecule has 170 valence electrons. The van der Waals surface area contributed by atoms with Crippen LogP contribution in [0.3, 0.4) is 0 Å². The molecule has 0 radical (unpaired) electrons. The summed E-state index contributed by atoms with van der Waals surface area (Å²) in [6.45, 7) is 0. The molecule has 6 N–H and O–H groups in total. The van der Waals surface area contributed by atoms with Gasteiger partial charge in [0.25, 0.3) is 20.2 Å². The highest BCUT2D eigenvalue weighted by Gasteiger charge is 2.15. The van der Waals surface area contributed by atoms with Crippen molar-refractivity contribution in [3.8, 4) is 23.0 Å². The monoisotopic (exact) mass is 489 g/mol. The van der Waals surface area contributed by atoms with Crippen molar-refractivity contribution >= 4 is 42.3 Å². The Morgan fingerprint density at radius 1 is 0.636 bits per heavy atom. The van der Waals surface area contributed by atoms with E-state index in [1.807, 2.05) is 0 Å². The van der Waals surface area contributed by atoms with E-state index < -0.39 is 20.2 Å². The first-order valence-corrected chi connectivity index (χ1v) is 11.9. The van der Waals surface area contributed by atoms with Gasteiger partial charge in [-0.1, -0.05) is 6.07 Å². The van der Waals surface area contributed by atoms with Crippen LogP contribution < -0.4 is 0 Å². The molecule has 0 bridgehead atoms. The molecule has 5 rings (SSSR count). The number of rotatable bonds is 4. The molecule has 2 aromatic carbocycles. The fraction of sp³-hybridized carbons (Fsp3) is 0. The van der Waals surface area contributed by atoms with Crippen molar-refractivity contribution in [1.29, 1.82) is 0 Å². The van der Waals surface area contributed by atoms with E-state index in [0.29, 0.717) is 45.1 Å². The number of aromatic amines is 2. The second-order valence-corrected chi connectivity index (χ2v) is 9.73. The predicted molar refractivity (Wildman–Crippen MR) is 118 cm³/mol. The van der Waals surface area contributed by atoms with Crippen LogP contribution >= 0.6 is 0 Å². The smallest absolute Gasteiger partial charge is 0.294 e. The minimum atomic E-state index is -4.35. The highest BCUT2D eigenvalue weighted by molar-refractivity contribution is 7.86. The summed E-state index contributed by atoms with van der Waals surface area (Å²) in [7, 11) is -8.69. The maximum atomic E-state index is 11.4. The van der Waals surface area contributed by atoms with Crippen LogP contribution in [0, 0.1) is 0 Å². The molecule has 0 atom stereocenters. The summed E-state index contributed by atoms with van der Waals surface area (Å²) in [5, 5.41) is 0. The average molecular weight is 489 g/mol. The standard InChI is InChI=1S/C19H13N5O6S2.H2O/c25-31(26,27)10-4-6-12-16(8-10)23-18(21-12)14-2-1-3-15(20-14)19-22-13-7-5-11(32(28,29)30)9-17(13)24-19;/h1-9H,(H,21,23)(H,22,24)(H,25,26,27)(H,28,29,30);1H2. The number of aromatic nitrogens is 5. The number of benzene rings is 2. The lowest BCUT2D eigenvalue weighted by molar-refractivity contribution is 0.481. The quantitative estimate of drug-likeness (QED) is 0.271. The van der Waals surface area contributed by atoms with E-state index in [4.69, 9.17) is 0 Å². The summed E-state index contributed by atoms with van der Waals surface area (Å²) in [5.41, 5.74) is 2.69. The molecule has 0 amide bonds. The maximum Gasteiger partial charge on any atom is 0.294 e. The third-order valence-corrected chi connectivity index (χ3v) is 6.44. The van der Waals surface area contributed by atoms with E-state index in [-0.39, 0.29) is 15.3 Å². The molecular weight excluding hydrogens is 474 g/mol. The van der Waals surface area contributed by atoms with Crippen LogP contribution in [-0.4, -0.2) is 56.3 Å². The Labute approximate surface area is 186 Å². The molecule has 0 aliphatic carbocycles. The Kier molecular flexibility index (Phi) is 5.26. The topological polar surface area (TPSA) is 210 Å². The lowest BCUT2D eigenvalue weighted by atomic mass is 10.3. The molecule has 0 aliphatic heterocycles. The Morgan fingerprint density at radius 3 is 1.45 bits per heavy atom. The highest BCUT2D eigenvalue weighted by Crippen LogP contribution is 2.25. The molecule has 3 heterocycles. The second kappa shape index (κ2) is 7.72. The summed E-state index contributed by atoms with van der Waals surface area (Å²) in [6, 6.07) is 13.1. The van der Waals surface area contributed by atoms with Crippen molar-refractivity contribution in [3.63, 3.8) is 0 Å². The largest absolute Gasteiger partial charge is 0.412 e. The number of imidazole rings is 2. The minimum Gasteiger partial charge on any atom is -0.412 e. The highest BCUT2D eigenvalue weighted by atomic mass is 32.2. The van der Waals surface area contributed by atoms with Crippen LogP contribution in [0.2, 0.25) is 0 Å². The summed E-state index contributed by atoms with van der Waals surface area (Å²) >= 11 is 0. The van der Waals surface area contributed by atoms with Crippen LogP contribution in [0.1, 0.15) is 0 Å². The van der Waals surface area contributed by atoms with Crippen LogP contribution in [-0.2, 0) is 20.2 Å². The number of H-pyrrole nitrogens is 2. The van der Waals surface area contributed by atoms with E-state index in [1.165, 1.54) is 36.4 Å². The van der Waals surface area contributed by atoms with Gasteiger partial charge >= 0.3 is 0 Å². The zero-order chi connectivity index (χ0) is 22.7. The van der Waals surface area contributed by atoms with Crippen molar-refractivity contribution in [3.05, 3.63) is 54.6 Å². The van der Waals surface area contributed by atoms with Crippen LogP contribution in [0.4, 0.5) is 0 Å². The number of hydrogen-bond acceptors (Lipinski definition) is 7. The molecule has 0 aliphatic rings. The van der Waals surface area contributed by atoms with Gasteiger partial charge in [0.2, 0.25) is 0 Å². The number of nitrogens with zero attached hydrogens (tertiary/aromatic N) is 3. The van der Waals surface area contributed by atoms with Crippen molar-refractivity contribution in [2.75, 3.05) is 0 Å². The number of hydrogen-bond donors (Lipinski definition) is 4. The molecule has 14 heteroatoms. The number of pyridine rings is 1. The molecule has 3 aromatic heterocycles. The number of nitrogens with one attached hydrogen (secondary N) is 2. The first-order chi connectivity index (χ1) is 15.1. The van der Waals surface area contributed by atoms with Gasteiger partial charge in [-0.2, -0.15) is 16.8 Å². The normalized spacial score (nSPS) is 12.2. The lowest BCUT2D eigenvalue weighted by Crippen LogP contribution is -1.97. The maximum absolute atomic E-state index is 11.4. The SMILES string of the molecule is O.O=S(=O)(O)c1ccc2nc(-c3cccc(-c4nc5ccc(S(=O)(=O)O)cc5[nH]4)n3)[nH]c2c1. The minimum absolute atomic E-state index is 0. The van der Waals surface area contributed by atoms with Crippen molar-refractivity contribution in [2.24, 2.45) is 0 Å². The van der Waals surface area contributed by atoms with Gasteiger partial charge in [-0.05, 0) is 48.5 Å². The Bertz CT molecular complexity index is 1620. The third kappa shape index (κ3) is 4.20. The van der Waals surface area contributed by atoms with Crippen molar-refractivity contribution in [1.82, 2.24) is 24.9 Å². The molecule has 33 heavy (non-hydrogen) atoms. The van der Waals surface area contributed by atoms with E-state index in [9.17, 15) is 25.9 Å². The fourth-order valence-electron chi connectivity index (χ4n) is 3.24. The summed E-state index contributed by atoms with van der Waals surface area (Å²) < 4.78 is 63.9. The second-order valence-electron chi connectivity index (χ2n) is 6.89. The van der Waals surface area contributed by atoms with Crippen molar-refractivity contribution in [2.45, 2.75) is 9.79 Å². The van der Waals surface area contributed by atoms with Gasteiger partial charge in [0.1, 0.15) is 11.4 Å². The zero-order valence-electron chi connectivity index (χ0n) is 16.4. The van der Waals surface area contributed by atoms with E-state index in [0.717, 1.165) is 0 Å². The lowest BCUT2D eigenvalue weighted by Gasteiger charge is -1.99. The molecule has 5 aromatic rings. The number of fused-ring (bicyclic) bond motifs is 2. The van der Waals surface area contributed by atoms with Crippen LogP contribution in [0.25, 0.3) is 45.1 Å². The van der Waals surface area contributed by atoms with Gasteiger partial charge < -0.3 is 15.4 Å². The first-order valence-electron chi connectivity index (χ1n) is 9.00. The van der Waals surface area contributed by atoms with E-state index in [2.05, 4.69) is 24.9 Å². The molecule has 0 saturated heterocycles. The molecule has 0 saturated carbocycles. The first kappa shape index (κ1) is 22.5. The Hall–Kier alpha value is -3.69. The van der Waals surface area contributed by atoms with E-state index in [1.54, 1.807) is 18.2 Å². The van der Waals surface area contributed by atoms with Gasteiger partial charge in [-0.25, -0.2) is 15.0 Å². The summed E-state index contributed by atoms with van der Waals surface area (Å²) in [5.74, 6) is 0.748. The van der Waals surface area contributed by atoms with Crippen LogP contribution in [0.5, 0.6) is 0 Å². The molecular formula is C19H15N5O7S2. The molecule has 0 unspecified atom stereocenters. The Morgan fingerprint density at radius 2 is 1.06 bits per heavy atom. The molecule has 0 spiro atoms. The molecule has 12 nitrogen and oxygen atoms in total. The van der Waals surface area contributed by atoms with E-state index >= 15 is 0 Å². The third-order valence-electron chi connectivity index (χ3n) is 4.74. The van der Waals surface area contributed by atoms with Gasteiger partial charge in [-0.3, -0.25) is 9.11 Å². The van der Waals surface area contributed by atoms with Gasteiger partial charge in [-0.15, -0.1) is 0 Å².